The summed E-state index contributed by atoms with van der Waals surface area (Å²) < 4.78 is 13.3. The largest absolute Gasteiger partial charge is 0.338 e. The molecule has 2 atom stereocenters. The average molecular weight is 459 g/mol. The van der Waals surface area contributed by atoms with Gasteiger partial charge in [-0.05, 0) is 73.3 Å². The molecule has 2 heterocycles. The Morgan fingerprint density at radius 3 is 2.35 bits per heavy atom. The molecule has 0 saturated carbocycles. The van der Waals surface area contributed by atoms with Crippen molar-refractivity contribution in [3.63, 3.8) is 0 Å². The van der Waals surface area contributed by atoms with Crippen molar-refractivity contribution in [1.29, 1.82) is 0 Å². The van der Waals surface area contributed by atoms with Gasteiger partial charge in [0.15, 0.2) is 0 Å². The van der Waals surface area contributed by atoms with Gasteiger partial charge in [0, 0.05) is 37.0 Å². The van der Waals surface area contributed by atoms with Crippen LogP contribution in [0, 0.1) is 17.7 Å². The smallest absolute Gasteiger partial charge is 0.254 e. The van der Waals surface area contributed by atoms with Gasteiger partial charge in [-0.25, -0.2) is 4.39 Å². The number of carbonyl (C=O) groups is 2. The third-order valence-electron chi connectivity index (χ3n) is 7.69. The number of hydrogen-bond acceptors (Lipinski definition) is 3. The maximum Gasteiger partial charge on any atom is 0.254 e. The molecule has 176 valence electrons. The van der Waals surface area contributed by atoms with E-state index in [1.807, 2.05) is 59.5 Å². The van der Waals surface area contributed by atoms with Crippen LogP contribution in [0.1, 0.15) is 41.6 Å². The van der Waals surface area contributed by atoms with Crippen LogP contribution < -0.4 is 0 Å². The second-order valence-electron chi connectivity index (χ2n) is 9.84. The molecule has 34 heavy (non-hydrogen) atoms. The standard InChI is InChI=1S/C29H31FN2O2/c1-20(33)28-19-32(29(34)27-8-4-6-23-5-2-3-7-26(23)27)18-24(28)17-31-15-13-22(14-16-31)21-9-11-25(30)12-10-21/h2-12,22,24,28H,13-19H2,1H3/t24-,28?/m1/s1. The van der Waals surface area contributed by atoms with Gasteiger partial charge in [0.2, 0.25) is 0 Å². The van der Waals surface area contributed by atoms with Crippen molar-refractivity contribution in [2.75, 3.05) is 32.7 Å². The summed E-state index contributed by atoms with van der Waals surface area (Å²) in [6, 6.07) is 20.7. The molecule has 0 radical (unpaired) electrons. The Hall–Kier alpha value is -3.05. The van der Waals surface area contributed by atoms with Crippen molar-refractivity contribution in [2.45, 2.75) is 25.7 Å². The first-order chi connectivity index (χ1) is 16.5. The van der Waals surface area contributed by atoms with Crippen molar-refractivity contribution in [3.05, 3.63) is 83.7 Å². The summed E-state index contributed by atoms with van der Waals surface area (Å²) in [4.78, 5) is 30.3. The highest BCUT2D eigenvalue weighted by Gasteiger charge is 2.39. The van der Waals surface area contributed by atoms with E-state index >= 15 is 0 Å². The molecule has 2 saturated heterocycles. The van der Waals surface area contributed by atoms with E-state index in [2.05, 4.69) is 4.90 Å². The van der Waals surface area contributed by atoms with E-state index < -0.39 is 0 Å². The Bertz CT molecular complexity index is 1180. The van der Waals surface area contributed by atoms with E-state index in [9.17, 15) is 14.0 Å². The first-order valence-corrected chi connectivity index (χ1v) is 12.2. The van der Waals surface area contributed by atoms with Gasteiger partial charge in [0.05, 0.1) is 0 Å². The van der Waals surface area contributed by atoms with E-state index in [1.54, 1.807) is 19.1 Å². The Morgan fingerprint density at radius 2 is 1.62 bits per heavy atom. The fourth-order valence-electron chi connectivity index (χ4n) is 5.78. The fourth-order valence-corrected chi connectivity index (χ4v) is 5.78. The van der Waals surface area contributed by atoms with Crippen LogP contribution in [0.5, 0.6) is 0 Å². The van der Waals surface area contributed by atoms with Crippen molar-refractivity contribution >= 4 is 22.5 Å². The van der Waals surface area contributed by atoms with E-state index in [0.717, 1.165) is 43.2 Å². The molecule has 1 unspecified atom stereocenters. The molecule has 5 rings (SSSR count). The molecule has 0 spiro atoms. The van der Waals surface area contributed by atoms with Gasteiger partial charge >= 0.3 is 0 Å². The number of rotatable bonds is 5. The Kier molecular flexibility index (Phi) is 6.46. The summed E-state index contributed by atoms with van der Waals surface area (Å²) in [6.07, 6.45) is 2.06. The summed E-state index contributed by atoms with van der Waals surface area (Å²) in [5.41, 5.74) is 1.91. The minimum atomic E-state index is -0.194. The van der Waals surface area contributed by atoms with Gasteiger partial charge in [0.1, 0.15) is 11.6 Å². The SMILES string of the molecule is CC(=O)C1CN(C(=O)c2cccc3ccccc23)C[C@H]1CN1CCC(c2ccc(F)cc2)CC1. The Labute approximate surface area is 200 Å². The first-order valence-electron chi connectivity index (χ1n) is 12.2. The van der Waals surface area contributed by atoms with Gasteiger partial charge in [0.25, 0.3) is 5.91 Å². The normalized spacial score (nSPS) is 21.8. The third kappa shape index (κ3) is 4.62. The number of Topliss-reactive ketones (excluding diaryl/α,β-unsaturated/α-hetero) is 1. The first kappa shape index (κ1) is 22.7. The zero-order valence-electron chi connectivity index (χ0n) is 19.6. The van der Waals surface area contributed by atoms with Crippen molar-refractivity contribution in [3.8, 4) is 0 Å². The maximum atomic E-state index is 13.5. The highest BCUT2D eigenvalue weighted by Crippen LogP contribution is 2.32. The molecule has 3 aromatic rings. The summed E-state index contributed by atoms with van der Waals surface area (Å²) in [5, 5.41) is 2.01. The summed E-state index contributed by atoms with van der Waals surface area (Å²) in [7, 11) is 0. The molecule has 2 fully saturated rings. The molecule has 0 bridgehead atoms. The van der Waals surface area contributed by atoms with Crippen LogP contribution in [-0.2, 0) is 4.79 Å². The minimum Gasteiger partial charge on any atom is -0.338 e. The average Bonchev–Trinajstić information content (AvgIpc) is 3.28. The van der Waals surface area contributed by atoms with Crippen LogP contribution in [0.2, 0.25) is 0 Å². The number of ketones is 1. The van der Waals surface area contributed by atoms with E-state index in [0.29, 0.717) is 24.6 Å². The topological polar surface area (TPSA) is 40.6 Å². The molecular weight excluding hydrogens is 427 g/mol. The lowest BCUT2D eigenvalue weighted by molar-refractivity contribution is -0.121. The van der Waals surface area contributed by atoms with Crippen LogP contribution in [0.25, 0.3) is 10.8 Å². The number of benzene rings is 3. The van der Waals surface area contributed by atoms with Gasteiger partial charge in [-0.1, -0.05) is 48.5 Å². The van der Waals surface area contributed by atoms with E-state index in [-0.39, 0.29) is 29.3 Å². The zero-order valence-corrected chi connectivity index (χ0v) is 19.6. The van der Waals surface area contributed by atoms with Crippen LogP contribution in [-0.4, -0.2) is 54.2 Å². The lowest BCUT2D eigenvalue weighted by Crippen LogP contribution is -2.39. The predicted molar refractivity (Wildman–Crippen MR) is 132 cm³/mol. The summed E-state index contributed by atoms with van der Waals surface area (Å²) in [5.74, 6) is 0.473. The summed E-state index contributed by atoms with van der Waals surface area (Å²) >= 11 is 0. The lowest BCUT2D eigenvalue weighted by Gasteiger charge is -2.34. The number of amides is 1. The monoisotopic (exact) mass is 458 g/mol. The van der Waals surface area contributed by atoms with E-state index in [1.165, 1.54) is 5.56 Å². The number of piperidine rings is 1. The summed E-state index contributed by atoms with van der Waals surface area (Å²) in [6.45, 7) is 5.52. The Balaban J connectivity index is 1.25. The highest BCUT2D eigenvalue weighted by atomic mass is 19.1. The van der Waals surface area contributed by atoms with Gasteiger partial charge in [-0.3, -0.25) is 9.59 Å². The van der Waals surface area contributed by atoms with Gasteiger partial charge < -0.3 is 9.80 Å². The van der Waals surface area contributed by atoms with Gasteiger partial charge in [-0.15, -0.1) is 0 Å². The fraction of sp³-hybridized carbons (Fsp3) is 0.379. The second-order valence-corrected chi connectivity index (χ2v) is 9.84. The number of halogens is 1. The lowest BCUT2D eigenvalue weighted by atomic mass is 9.87. The molecule has 4 nitrogen and oxygen atoms in total. The van der Waals surface area contributed by atoms with Gasteiger partial charge in [-0.2, -0.15) is 0 Å². The van der Waals surface area contributed by atoms with Crippen molar-refractivity contribution in [2.24, 2.45) is 11.8 Å². The van der Waals surface area contributed by atoms with Crippen LogP contribution in [0.15, 0.2) is 66.7 Å². The highest BCUT2D eigenvalue weighted by molar-refractivity contribution is 6.07. The van der Waals surface area contributed by atoms with Crippen LogP contribution in [0.3, 0.4) is 0 Å². The molecule has 1 amide bonds. The number of likely N-dealkylation sites (tertiary alicyclic amines) is 2. The van der Waals surface area contributed by atoms with Crippen LogP contribution >= 0.6 is 0 Å². The second kappa shape index (κ2) is 9.67. The molecule has 3 aromatic carbocycles. The maximum absolute atomic E-state index is 13.5. The zero-order chi connectivity index (χ0) is 23.7. The number of hydrogen-bond donors (Lipinski definition) is 0. The quantitative estimate of drug-likeness (QED) is 0.532. The Morgan fingerprint density at radius 1 is 0.912 bits per heavy atom. The third-order valence-corrected chi connectivity index (χ3v) is 7.69. The molecule has 2 aliphatic rings. The molecular formula is C29H31FN2O2. The van der Waals surface area contributed by atoms with Crippen LogP contribution in [0.4, 0.5) is 4.39 Å². The number of carbonyl (C=O) groups excluding carboxylic acids is 2. The molecule has 5 heteroatoms. The molecule has 2 aliphatic heterocycles. The molecule has 0 aromatic heterocycles. The molecule has 0 aliphatic carbocycles. The van der Waals surface area contributed by atoms with Crippen molar-refractivity contribution < 1.29 is 14.0 Å². The number of nitrogens with zero attached hydrogens (tertiary/aromatic N) is 2. The minimum absolute atomic E-state index is 0.0144. The number of fused-ring (bicyclic) bond motifs is 1. The predicted octanol–water partition coefficient (Wildman–Crippen LogP) is 5.14. The van der Waals surface area contributed by atoms with E-state index in [4.69, 9.17) is 0 Å². The van der Waals surface area contributed by atoms with Crippen molar-refractivity contribution in [1.82, 2.24) is 9.80 Å². The molecule has 0 N–H and O–H groups in total.